The number of nitrogens with zero attached hydrogens (tertiary/aromatic N) is 1. The van der Waals surface area contributed by atoms with Gasteiger partial charge in [-0.1, -0.05) is 44.2 Å². The highest BCUT2D eigenvalue weighted by Crippen LogP contribution is 2.27. The fraction of sp³-hybridized carbons (Fsp3) is 0.647. The lowest BCUT2D eigenvalue weighted by molar-refractivity contribution is 0.0479. The van der Waals surface area contributed by atoms with Crippen molar-refractivity contribution in [2.75, 3.05) is 13.1 Å². The molecule has 2 heteroatoms. The van der Waals surface area contributed by atoms with Crippen molar-refractivity contribution in [2.45, 2.75) is 45.8 Å². The molecule has 19 heavy (non-hydrogen) atoms. The molecule has 2 nitrogen and oxygen atoms in total. The predicted octanol–water partition coefficient (Wildman–Crippen LogP) is 3.48. The summed E-state index contributed by atoms with van der Waals surface area (Å²) in [5, 5.41) is 10.4. The molecule has 0 spiro atoms. The molecular weight excluding hydrogens is 234 g/mol. The van der Waals surface area contributed by atoms with E-state index in [4.69, 9.17) is 0 Å². The van der Waals surface area contributed by atoms with Crippen LogP contribution in [-0.4, -0.2) is 29.1 Å². The smallest absolute Gasteiger partial charge is 0.0827 e. The Kier molecular flexibility index (Phi) is 5.00. The Morgan fingerprint density at radius 1 is 1.26 bits per heavy atom. The molecule has 0 radical (unpaired) electrons. The Labute approximate surface area is 117 Å². The molecule has 4 atom stereocenters. The molecule has 1 aliphatic heterocycles. The zero-order chi connectivity index (χ0) is 13.8. The molecule has 1 heterocycles. The number of benzene rings is 1. The molecule has 4 unspecified atom stereocenters. The number of rotatable bonds is 4. The molecule has 1 fully saturated rings. The summed E-state index contributed by atoms with van der Waals surface area (Å²) >= 11 is 0. The lowest BCUT2D eigenvalue weighted by Gasteiger charge is -2.40. The molecule has 0 aromatic heterocycles. The van der Waals surface area contributed by atoms with Gasteiger partial charge in [-0.25, -0.2) is 0 Å². The maximum atomic E-state index is 10.4. The standard InChI is InChI=1S/C17H27NO/c1-13-8-7-11-18(15(13)3)12-14(2)17(19)16-9-5-4-6-10-16/h4-6,9-10,13-15,17,19H,7-8,11-12H2,1-3H3. The van der Waals surface area contributed by atoms with Gasteiger partial charge in [0.15, 0.2) is 0 Å². The van der Waals surface area contributed by atoms with Gasteiger partial charge >= 0.3 is 0 Å². The van der Waals surface area contributed by atoms with E-state index in [9.17, 15) is 5.11 Å². The third-order valence-electron chi connectivity index (χ3n) is 4.71. The molecule has 1 saturated heterocycles. The van der Waals surface area contributed by atoms with E-state index in [-0.39, 0.29) is 12.0 Å². The van der Waals surface area contributed by atoms with Gasteiger partial charge in [0.1, 0.15) is 0 Å². The van der Waals surface area contributed by atoms with Crippen LogP contribution < -0.4 is 0 Å². The summed E-state index contributed by atoms with van der Waals surface area (Å²) in [7, 11) is 0. The van der Waals surface area contributed by atoms with Crippen molar-refractivity contribution in [1.82, 2.24) is 4.90 Å². The van der Waals surface area contributed by atoms with E-state index >= 15 is 0 Å². The van der Waals surface area contributed by atoms with Crippen LogP contribution in [0.4, 0.5) is 0 Å². The number of aliphatic hydroxyl groups is 1. The molecule has 1 aromatic rings. The molecule has 0 amide bonds. The summed E-state index contributed by atoms with van der Waals surface area (Å²) in [5.41, 5.74) is 1.03. The van der Waals surface area contributed by atoms with Crippen LogP contribution in [0.2, 0.25) is 0 Å². The van der Waals surface area contributed by atoms with E-state index in [0.29, 0.717) is 6.04 Å². The quantitative estimate of drug-likeness (QED) is 0.897. The number of aliphatic hydroxyl groups excluding tert-OH is 1. The van der Waals surface area contributed by atoms with Gasteiger partial charge in [0.2, 0.25) is 0 Å². The maximum Gasteiger partial charge on any atom is 0.0827 e. The average molecular weight is 261 g/mol. The van der Waals surface area contributed by atoms with E-state index in [2.05, 4.69) is 25.7 Å². The predicted molar refractivity (Wildman–Crippen MR) is 80.0 cm³/mol. The van der Waals surface area contributed by atoms with Crippen molar-refractivity contribution in [2.24, 2.45) is 11.8 Å². The molecule has 2 rings (SSSR count). The third-order valence-corrected chi connectivity index (χ3v) is 4.71. The zero-order valence-corrected chi connectivity index (χ0v) is 12.4. The minimum absolute atomic E-state index is 0.273. The van der Waals surface area contributed by atoms with E-state index in [1.165, 1.54) is 19.4 Å². The van der Waals surface area contributed by atoms with Gasteiger partial charge in [-0.3, -0.25) is 0 Å². The monoisotopic (exact) mass is 261 g/mol. The molecule has 0 bridgehead atoms. The Morgan fingerprint density at radius 3 is 2.63 bits per heavy atom. The normalized spacial score (nSPS) is 28.0. The average Bonchev–Trinajstić information content (AvgIpc) is 2.44. The van der Waals surface area contributed by atoms with E-state index < -0.39 is 0 Å². The van der Waals surface area contributed by atoms with Gasteiger partial charge < -0.3 is 10.0 Å². The third kappa shape index (κ3) is 3.58. The van der Waals surface area contributed by atoms with Crippen LogP contribution in [-0.2, 0) is 0 Å². The van der Waals surface area contributed by atoms with Crippen LogP contribution in [0.15, 0.2) is 30.3 Å². The van der Waals surface area contributed by atoms with Crippen LogP contribution in [0.5, 0.6) is 0 Å². The van der Waals surface area contributed by atoms with Crippen molar-refractivity contribution in [3.05, 3.63) is 35.9 Å². The fourth-order valence-corrected chi connectivity index (χ4v) is 3.13. The molecule has 106 valence electrons. The van der Waals surface area contributed by atoms with Gasteiger partial charge in [-0.2, -0.15) is 0 Å². The first kappa shape index (κ1) is 14.5. The van der Waals surface area contributed by atoms with Gasteiger partial charge in [0.05, 0.1) is 6.10 Å². The lowest BCUT2D eigenvalue weighted by Crippen LogP contribution is -2.45. The summed E-state index contributed by atoms with van der Waals surface area (Å²) in [5.74, 6) is 1.05. The van der Waals surface area contributed by atoms with Gasteiger partial charge in [0, 0.05) is 12.6 Å². The number of likely N-dealkylation sites (tertiary alicyclic amines) is 1. The number of hydrogen-bond acceptors (Lipinski definition) is 2. The minimum Gasteiger partial charge on any atom is -0.388 e. The van der Waals surface area contributed by atoms with Crippen molar-refractivity contribution < 1.29 is 5.11 Å². The summed E-state index contributed by atoms with van der Waals surface area (Å²) in [6.45, 7) is 8.99. The van der Waals surface area contributed by atoms with Crippen LogP contribution in [0.25, 0.3) is 0 Å². The summed E-state index contributed by atoms with van der Waals surface area (Å²) in [6, 6.07) is 10.7. The second-order valence-corrected chi connectivity index (χ2v) is 6.19. The Hall–Kier alpha value is -0.860. The first-order valence-electron chi connectivity index (χ1n) is 7.56. The largest absolute Gasteiger partial charge is 0.388 e. The molecule has 1 aromatic carbocycles. The van der Waals surface area contributed by atoms with Gasteiger partial charge in [-0.05, 0) is 43.7 Å². The molecule has 1 aliphatic rings. The van der Waals surface area contributed by atoms with Crippen molar-refractivity contribution in [3.8, 4) is 0 Å². The van der Waals surface area contributed by atoms with E-state index in [1.807, 2.05) is 30.3 Å². The fourth-order valence-electron chi connectivity index (χ4n) is 3.13. The topological polar surface area (TPSA) is 23.5 Å². The number of hydrogen-bond donors (Lipinski definition) is 1. The summed E-state index contributed by atoms with van der Waals surface area (Å²) < 4.78 is 0. The number of piperidine rings is 1. The van der Waals surface area contributed by atoms with E-state index in [0.717, 1.165) is 18.0 Å². The van der Waals surface area contributed by atoms with Crippen molar-refractivity contribution in [3.63, 3.8) is 0 Å². The van der Waals surface area contributed by atoms with Gasteiger partial charge in [0.25, 0.3) is 0 Å². The summed E-state index contributed by atoms with van der Waals surface area (Å²) in [6.07, 6.45) is 2.28. The summed E-state index contributed by atoms with van der Waals surface area (Å²) in [4.78, 5) is 2.55. The highest BCUT2D eigenvalue weighted by Gasteiger charge is 2.27. The second-order valence-electron chi connectivity index (χ2n) is 6.19. The first-order chi connectivity index (χ1) is 9.09. The maximum absolute atomic E-state index is 10.4. The minimum atomic E-state index is -0.356. The van der Waals surface area contributed by atoms with Crippen LogP contribution in [0, 0.1) is 11.8 Å². The molecule has 0 aliphatic carbocycles. The molecule has 1 N–H and O–H groups in total. The van der Waals surface area contributed by atoms with Crippen LogP contribution in [0.3, 0.4) is 0 Å². The Balaban J connectivity index is 1.95. The van der Waals surface area contributed by atoms with E-state index in [1.54, 1.807) is 0 Å². The Bertz CT molecular complexity index is 378. The zero-order valence-electron chi connectivity index (χ0n) is 12.4. The SMILES string of the molecule is CC(CN1CCCC(C)C1C)C(O)c1ccccc1. The van der Waals surface area contributed by atoms with Gasteiger partial charge in [-0.15, -0.1) is 0 Å². The lowest BCUT2D eigenvalue weighted by atomic mass is 9.90. The highest BCUT2D eigenvalue weighted by molar-refractivity contribution is 5.17. The van der Waals surface area contributed by atoms with Crippen molar-refractivity contribution in [1.29, 1.82) is 0 Å². The second kappa shape index (κ2) is 6.53. The Morgan fingerprint density at radius 2 is 1.95 bits per heavy atom. The molecule has 0 saturated carbocycles. The highest BCUT2D eigenvalue weighted by atomic mass is 16.3. The van der Waals surface area contributed by atoms with Crippen molar-refractivity contribution >= 4 is 0 Å². The van der Waals surface area contributed by atoms with Crippen LogP contribution in [0.1, 0.15) is 45.3 Å². The van der Waals surface area contributed by atoms with Crippen LogP contribution >= 0.6 is 0 Å². The molecular formula is C17H27NO. The first-order valence-corrected chi connectivity index (χ1v) is 7.56.